The number of aryl methyl sites for hydroxylation is 2. The number of nitrogen functional groups attached to an aromatic ring is 1. The second-order valence-corrected chi connectivity index (χ2v) is 6.21. The summed E-state index contributed by atoms with van der Waals surface area (Å²) in [6, 6.07) is 8.01. The monoisotopic (exact) mass is 270 g/mol. The molecule has 0 bridgehead atoms. The van der Waals surface area contributed by atoms with Crippen molar-refractivity contribution in [3.05, 3.63) is 47.2 Å². The van der Waals surface area contributed by atoms with E-state index in [1.54, 1.807) is 12.3 Å². The molecule has 3 heteroatoms. The SMILES string of the molecule is Cc1cnc(Oc2ccc(C(C)(C)C)cc2C)cc1N. The number of nitrogens with two attached hydrogens (primary N) is 1. The first-order valence-electron chi connectivity index (χ1n) is 6.78. The van der Waals surface area contributed by atoms with Gasteiger partial charge in [-0.3, -0.25) is 0 Å². The van der Waals surface area contributed by atoms with Crippen molar-refractivity contribution in [2.75, 3.05) is 5.73 Å². The standard InChI is InChI=1S/C17H22N2O/c1-11-8-13(17(3,4)5)6-7-15(11)20-16-9-14(18)12(2)10-19-16/h6-10H,1-5H3,(H2,18,19). The molecule has 2 aromatic rings. The molecule has 2 N–H and O–H groups in total. The highest BCUT2D eigenvalue weighted by atomic mass is 16.5. The Balaban J connectivity index is 2.28. The number of hydrogen-bond donors (Lipinski definition) is 1. The van der Waals surface area contributed by atoms with E-state index in [1.165, 1.54) is 5.56 Å². The number of benzene rings is 1. The van der Waals surface area contributed by atoms with Crippen LogP contribution in [0.3, 0.4) is 0 Å². The van der Waals surface area contributed by atoms with Crippen molar-refractivity contribution in [1.82, 2.24) is 4.98 Å². The van der Waals surface area contributed by atoms with Crippen LogP contribution in [-0.2, 0) is 5.41 Å². The fourth-order valence-corrected chi connectivity index (χ4v) is 1.92. The molecule has 0 aliphatic heterocycles. The smallest absolute Gasteiger partial charge is 0.221 e. The van der Waals surface area contributed by atoms with Crippen molar-refractivity contribution in [3.8, 4) is 11.6 Å². The Labute approximate surface area is 120 Å². The molecule has 1 heterocycles. The van der Waals surface area contributed by atoms with E-state index in [-0.39, 0.29) is 5.41 Å². The molecular formula is C17H22N2O. The molecule has 20 heavy (non-hydrogen) atoms. The van der Waals surface area contributed by atoms with E-state index in [0.717, 1.165) is 16.9 Å². The van der Waals surface area contributed by atoms with Gasteiger partial charge in [-0.15, -0.1) is 0 Å². The molecule has 1 aromatic heterocycles. The van der Waals surface area contributed by atoms with Crippen LogP contribution in [0.25, 0.3) is 0 Å². The van der Waals surface area contributed by atoms with Crippen molar-refractivity contribution in [2.45, 2.75) is 40.0 Å². The van der Waals surface area contributed by atoms with Crippen molar-refractivity contribution >= 4 is 5.69 Å². The molecule has 0 saturated heterocycles. The van der Waals surface area contributed by atoms with Crippen LogP contribution < -0.4 is 10.5 Å². The van der Waals surface area contributed by atoms with Crippen molar-refractivity contribution in [2.24, 2.45) is 0 Å². The summed E-state index contributed by atoms with van der Waals surface area (Å²) in [5.74, 6) is 1.34. The first kappa shape index (κ1) is 14.4. The minimum absolute atomic E-state index is 0.135. The van der Waals surface area contributed by atoms with E-state index >= 15 is 0 Å². The van der Waals surface area contributed by atoms with Gasteiger partial charge in [0.15, 0.2) is 0 Å². The molecule has 3 nitrogen and oxygen atoms in total. The summed E-state index contributed by atoms with van der Waals surface area (Å²) in [5.41, 5.74) is 10.0. The van der Waals surface area contributed by atoms with Crippen LogP contribution in [0.15, 0.2) is 30.5 Å². The maximum Gasteiger partial charge on any atom is 0.221 e. The van der Waals surface area contributed by atoms with E-state index in [2.05, 4.69) is 37.9 Å². The summed E-state index contributed by atoms with van der Waals surface area (Å²) in [6.07, 6.45) is 1.73. The highest BCUT2D eigenvalue weighted by Crippen LogP contribution is 2.30. The van der Waals surface area contributed by atoms with Gasteiger partial charge in [-0.1, -0.05) is 32.9 Å². The molecule has 1 aromatic carbocycles. The topological polar surface area (TPSA) is 48.1 Å². The van der Waals surface area contributed by atoms with Crippen LogP contribution in [0.5, 0.6) is 11.6 Å². The lowest BCUT2D eigenvalue weighted by Crippen LogP contribution is -2.11. The Morgan fingerprint density at radius 2 is 1.75 bits per heavy atom. The summed E-state index contributed by atoms with van der Waals surface area (Å²) in [5, 5.41) is 0. The number of hydrogen-bond acceptors (Lipinski definition) is 3. The fourth-order valence-electron chi connectivity index (χ4n) is 1.92. The lowest BCUT2D eigenvalue weighted by molar-refractivity contribution is 0.458. The number of aromatic nitrogens is 1. The first-order chi connectivity index (χ1) is 9.27. The van der Waals surface area contributed by atoms with Crippen LogP contribution in [0.2, 0.25) is 0 Å². The van der Waals surface area contributed by atoms with Gasteiger partial charge in [-0.25, -0.2) is 4.98 Å². The number of nitrogens with zero attached hydrogens (tertiary/aromatic N) is 1. The van der Waals surface area contributed by atoms with Crippen LogP contribution in [0.4, 0.5) is 5.69 Å². The quantitative estimate of drug-likeness (QED) is 0.881. The summed E-state index contributed by atoms with van der Waals surface area (Å²) in [7, 11) is 0. The zero-order valence-corrected chi connectivity index (χ0v) is 12.8. The number of ether oxygens (including phenoxy) is 1. The molecule has 0 fully saturated rings. The van der Waals surface area contributed by atoms with Gasteiger partial charge in [0, 0.05) is 18.0 Å². The van der Waals surface area contributed by atoms with E-state index in [4.69, 9.17) is 10.5 Å². The largest absolute Gasteiger partial charge is 0.439 e. The summed E-state index contributed by atoms with van der Waals surface area (Å²) < 4.78 is 5.82. The summed E-state index contributed by atoms with van der Waals surface area (Å²) >= 11 is 0. The van der Waals surface area contributed by atoms with Gasteiger partial charge in [0.05, 0.1) is 0 Å². The molecule has 0 radical (unpaired) electrons. The second kappa shape index (κ2) is 5.16. The minimum Gasteiger partial charge on any atom is -0.439 e. The normalized spacial score (nSPS) is 11.4. The van der Waals surface area contributed by atoms with Gasteiger partial charge < -0.3 is 10.5 Å². The third-order valence-electron chi connectivity index (χ3n) is 3.38. The molecule has 0 unspecified atom stereocenters. The average Bonchev–Trinajstić information content (AvgIpc) is 2.35. The predicted molar refractivity (Wildman–Crippen MR) is 83.3 cm³/mol. The average molecular weight is 270 g/mol. The molecule has 106 valence electrons. The van der Waals surface area contributed by atoms with Gasteiger partial charge in [0.1, 0.15) is 5.75 Å². The van der Waals surface area contributed by atoms with E-state index in [0.29, 0.717) is 11.6 Å². The number of anilines is 1. The Morgan fingerprint density at radius 1 is 1.05 bits per heavy atom. The molecule has 0 atom stereocenters. The van der Waals surface area contributed by atoms with E-state index < -0.39 is 0 Å². The number of rotatable bonds is 2. The molecule has 2 rings (SSSR count). The first-order valence-corrected chi connectivity index (χ1v) is 6.78. The van der Waals surface area contributed by atoms with E-state index in [9.17, 15) is 0 Å². The molecule has 0 spiro atoms. The van der Waals surface area contributed by atoms with Gasteiger partial charge >= 0.3 is 0 Å². The Bertz CT molecular complexity index is 627. The Kier molecular flexibility index (Phi) is 3.71. The van der Waals surface area contributed by atoms with Crippen LogP contribution in [0, 0.1) is 13.8 Å². The predicted octanol–water partition coefficient (Wildman–Crippen LogP) is 4.37. The van der Waals surface area contributed by atoms with Gasteiger partial charge in [0.25, 0.3) is 0 Å². The zero-order chi connectivity index (χ0) is 14.9. The van der Waals surface area contributed by atoms with Gasteiger partial charge in [-0.05, 0) is 42.0 Å². The third-order valence-corrected chi connectivity index (χ3v) is 3.38. The van der Waals surface area contributed by atoms with Crippen LogP contribution in [0.1, 0.15) is 37.5 Å². The lowest BCUT2D eigenvalue weighted by Gasteiger charge is -2.20. The molecule has 0 aliphatic carbocycles. The highest BCUT2D eigenvalue weighted by Gasteiger charge is 2.15. The molecule has 0 aliphatic rings. The zero-order valence-electron chi connectivity index (χ0n) is 12.8. The third kappa shape index (κ3) is 3.10. The van der Waals surface area contributed by atoms with Gasteiger partial charge in [-0.2, -0.15) is 0 Å². The lowest BCUT2D eigenvalue weighted by atomic mass is 9.86. The Hall–Kier alpha value is -2.03. The van der Waals surface area contributed by atoms with Gasteiger partial charge in [0.2, 0.25) is 5.88 Å². The minimum atomic E-state index is 0.135. The number of pyridine rings is 1. The van der Waals surface area contributed by atoms with Crippen molar-refractivity contribution < 1.29 is 4.74 Å². The molecule has 0 amide bonds. The maximum absolute atomic E-state index is 5.87. The van der Waals surface area contributed by atoms with Crippen LogP contribution in [-0.4, -0.2) is 4.98 Å². The maximum atomic E-state index is 5.87. The van der Waals surface area contributed by atoms with Crippen molar-refractivity contribution in [3.63, 3.8) is 0 Å². The van der Waals surface area contributed by atoms with Crippen molar-refractivity contribution in [1.29, 1.82) is 0 Å². The summed E-state index contributed by atoms with van der Waals surface area (Å²) in [4.78, 5) is 4.24. The van der Waals surface area contributed by atoms with E-state index in [1.807, 2.05) is 19.9 Å². The highest BCUT2D eigenvalue weighted by molar-refractivity contribution is 5.48. The molecule has 0 saturated carbocycles. The summed E-state index contributed by atoms with van der Waals surface area (Å²) in [6.45, 7) is 10.6. The van der Waals surface area contributed by atoms with Crippen LogP contribution >= 0.6 is 0 Å². The molecular weight excluding hydrogens is 248 g/mol. The second-order valence-electron chi connectivity index (χ2n) is 6.21. The Morgan fingerprint density at radius 3 is 2.30 bits per heavy atom. The fraction of sp³-hybridized carbons (Fsp3) is 0.353.